The van der Waals surface area contributed by atoms with Crippen LogP contribution in [0.2, 0.25) is 0 Å². The van der Waals surface area contributed by atoms with Gasteiger partial charge in [-0.25, -0.2) is 20.1 Å². The third-order valence-electron chi connectivity index (χ3n) is 3.40. The minimum Gasteiger partial charge on any atom is -0.387 e. The second-order valence-electron chi connectivity index (χ2n) is 4.91. The number of nitrogen functional groups attached to an aromatic ring is 1. The van der Waals surface area contributed by atoms with Gasteiger partial charge in [-0.2, -0.15) is 8.42 Å². The van der Waals surface area contributed by atoms with Gasteiger partial charge in [0.2, 0.25) is 0 Å². The molecule has 0 aliphatic carbocycles. The van der Waals surface area contributed by atoms with Crippen LogP contribution in [0.25, 0.3) is 11.2 Å². The van der Waals surface area contributed by atoms with Gasteiger partial charge in [-0.15, -0.1) is 0 Å². The zero-order valence-corrected chi connectivity index (χ0v) is 12.4. The number of anilines is 1. The molecule has 3 heterocycles. The number of hydrogen-bond acceptors (Lipinski definition) is 10. The summed E-state index contributed by atoms with van der Waals surface area (Å²) in [6, 6.07) is 0. The summed E-state index contributed by atoms with van der Waals surface area (Å²) in [5, 5.41) is 24.8. The number of fused-ring (bicyclic) bond motifs is 1. The maximum atomic E-state index is 10.8. The van der Waals surface area contributed by atoms with Crippen LogP contribution >= 0.6 is 0 Å². The van der Waals surface area contributed by atoms with E-state index >= 15 is 0 Å². The molecule has 1 aliphatic rings. The first-order chi connectivity index (χ1) is 10.8. The first-order valence-corrected chi connectivity index (χ1v) is 7.87. The first-order valence-electron chi connectivity index (χ1n) is 6.39. The summed E-state index contributed by atoms with van der Waals surface area (Å²) in [7, 11) is -4.19. The van der Waals surface area contributed by atoms with Crippen LogP contribution < -0.4 is 10.9 Å². The highest BCUT2D eigenvalue weighted by Crippen LogP contribution is 2.32. The van der Waals surface area contributed by atoms with Gasteiger partial charge >= 0.3 is 10.3 Å². The molecule has 3 rings (SSSR count). The lowest BCUT2D eigenvalue weighted by Crippen LogP contribution is -2.35. The Morgan fingerprint density at radius 2 is 2.04 bits per heavy atom. The van der Waals surface area contributed by atoms with E-state index in [1.807, 2.05) is 0 Å². The van der Waals surface area contributed by atoms with Crippen molar-refractivity contribution < 1.29 is 27.6 Å². The van der Waals surface area contributed by atoms with Crippen molar-refractivity contribution in [1.29, 1.82) is 0 Å². The highest BCUT2D eigenvalue weighted by Gasteiger charge is 2.44. The summed E-state index contributed by atoms with van der Waals surface area (Å²) in [6.45, 7) is -0.544. The van der Waals surface area contributed by atoms with Crippen LogP contribution in [0.1, 0.15) is 6.23 Å². The zero-order valence-electron chi connectivity index (χ0n) is 11.6. The van der Waals surface area contributed by atoms with E-state index < -0.39 is 41.5 Å². The summed E-state index contributed by atoms with van der Waals surface area (Å²) in [4.78, 5) is 11.8. The Balaban J connectivity index is 1.86. The van der Waals surface area contributed by atoms with Gasteiger partial charge in [0.05, 0.1) is 12.9 Å². The quantitative estimate of drug-likeness (QED) is 0.451. The minimum atomic E-state index is -4.19. The van der Waals surface area contributed by atoms with Gasteiger partial charge < -0.3 is 20.7 Å². The Hall–Kier alpha value is -1.90. The molecule has 2 aromatic heterocycles. The Labute approximate surface area is 129 Å². The fraction of sp³-hybridized carbons (Fsp3) is 0.500. The number of aromatic nitrogens is 4. The Morgan fingerprint density at radius 3 is 2.74 bits per heavy atom. The highest BCUT2D eigenvalue weighted by molar-refractivity contribution is 7.84. The van der Waals surface area contributed by atoms with E-state index in [4.69, 9.17) is 15.6 Å². The largest absolute Gasteiger partial charge is 0.387 e. The number of hydrogen-bond donors (Lipinski definition) is 4. The van der Waals surface area contributed by atoms with Crippen LogP contribution in [0, 0.1) is 0 Å². The molecule has 0 bridgehead atoms. The molecule has 0 amide bonds. The molecule has 2 unspecified atom stereocenters. The van der Waals surface area contributed by atoms with Crippen LogP contribution in [0.3, 0.4) is 0 Å². The number of nitrogens with zero attached hydrogens (tertiary/aromatic N) is 4. The molecule has 1 saturated heterocycles. The van der Waals surface area contributed by atoms with Gasteiger partial charge in [0.15, 0.2) is 17.7 Å². The lowest BCUT2D eigenvalue weighted by atomic mass is 10.1. The number of nitrogens with two attached hydrogens (primary N) is 2. The van der Waals surface area contributed by atoms with Gasteiger partial charge in [-0.3, -0.25) is 8.75 Å². The number of rotatable bonds is 4. The second-order valence-corrected chi connectivity index (χ2v) is 6.13. The van der Waals surface area contributed by atoms with Crippen LogP contribution in [0.4, 0.5) is 5.82 Å². The molecule has 0 spiro atoms. The Kier molecular flexibility index (Phi) is 3.91. The van der Waals surface area contributed by atoms with Crippen LogP contribution in [0.5, 0.6) is 0 Å². The van der Waals surface area contributed by atoms with E-state index in [0.29, 0.717) is 11.2 Å². The topological polar surface area (TPSA) is 189 Å². The highest BCUT2D eigenvalue weighted by atomic mass is 32.2. The van der Waals surface area contributed by atoms with Crippen molar-refractivity contribution in [3.63, 3.8) is 0 Å². The molecule has 2 aromatic rings. The predicted octanol–water partition coefficient (Wildman–Crippen LogP) is -2.75. The van der Waals surface area contributed by atoms with E-state index in [1.165, 1.54) is 17.2 Å². The van der Waals surface area contributed by atoms with Crippen molar-refractivity contribution in [3.05, 3.63) is 12.7 Å². The maximum Gasteiger partial charge on any atom is 0.333 e. The molecular formula is C10H14N6O6S. The van der Waals surface area contributed by atoms with Crippen molar-refractivity contribution in [2.45, 2.75) is 24.5 Å². The van der Waals surface area contributed by atoms with Crippen molar-refractivity contribution in [3.8, 4) is 0 Å². The van der Waals surface area contributed by atoms with Gasteiger partial charge in [0.1, 0.15) is 30.2 Å². The van der Waals surface area contributed by atoms with Crippen molar-refractivity contribution >= 4 is 27.3 Å². The van der Waals surface area contributed by atoms with Gasteiger partial charge in [0.25, 0.3) is 0 Å². The minimum absolute atomic E-state index is 0.149. The van der Waals surface area contributed by atoms with Crippen molar-refractivity contribution in [2.75, 3.05) is 12.3 Å². The molecule has 126 valence electrons. The zero-order chi connectivity index (χ0) is 16.8. The Bertz CT molecular complexity index is 824. The van der Waals surface area contributed by atoms with Crippen LogP contribution in [-0.2, 0) is 19.2 Å². The van der Waals surface area contributed by atoms with E-state index in [0.717, 1.165) is 0 Å². The smallest absolute Gasteiger partial charge is 0.333 e. The lowest BCUT2D eigenvalue weighted by molar-refractivity contribution is -0.0467. The summed E-state index contributed by atoms with van der Waals surface area (Å²) in [5.74, 6) is 0.149. The molecule has 1 aliphatic heterocycles. The second kappa shape index (κ2) is 5.63. The van der Waals surface area contributed by atoms with E-state index in [-0.39, 0.29) is 5.82 Å². The molecule has 0 radical (unpaired) electrons. The standard InChI is InChI=1S/C10H14N6O6S/c11-8-5-9(14-2-13-8)16(3-15-5)10-7(18)6(17)4(22-10)1-21-23(12,19)20/h2-4,6-7,10,17-18H,1H2,(H2,11,13,14)(H2,12,19,20)/t4-,6?,7?,10-/m1/s1. The summed E-state index contributed by atoms with van der Waals surface area (Å²) >= 11 is 0. The molecule has 1 fully saturated rings. The maximum absolute atomic E-state index is 10.8. The van der Waals surface area contributed by atoms with Crippen molar-refractivity contribution in [2.24, 2.45) is 5.14 Å². The first kappa shape index (κ1) is 16.0. The molecule has 0 aromatic carbocycles. The SMILES string of the molecule is Nc1ncnc2c1ncn2[C@@H]1O[C@H](COS(N)(=O)=O)C(O)C1O. The summed E-state index contributed by atoms with van der Waals surface area (Å²) in [5.41, 5.74) is 6.27. The number of aliphatic hydroxyl groups excluding tert-OH is 2. The molecular weight excluding hydrogens is 332 g/mol. The van der Waals surface area contributed by atoms with Crippen molar-refractivity contribution in [1.82, 2.24) is 19.5 Å². The number of aliphatic hydroxyl groups is 2. The summed E-state index contributed by atoms with van der Waals surface area (Å²) in [6.07, 6.45) is -2.38. The molecule has 12 nitrogen and oxygen atoms in total. The van der Waals surface area contributed by atoms with Gasteiger partial charge in [-0.1, -0.05) is 0 Å². The average Bonchev–Trinajstić information content (AvgIpc) is 3.01. The monoisotopic (exact) mass is 346 g/mol. The average molecular weight is 346 g/mol. The molecule has 13 heteroatoms. The third kappa shape index (κ3) is 2.97. The normalized spacial score (nSPS) is 28.5. The third-order valence-corrected chi connectivity index (χ3v) is 3.86. The van der Waals surface area contributed by atoms with E-state index in [2.05, 4.69) is 19.1 Å². The van der Waals surface area contributed by atoms with E-state index in [1.54, 1.807) is 0 Å². The predicted molar refractivity (Wildman–Crippen MR) is 74.7 cm³/mol. The number of ether oxygens (including phenoxy) is 1. The van der Waals surface area contributed by atoms with Gasteiger partial charge in [0, 0.05) is 0 Å². The van der Waals surface area contributed by atoms with E-state index in [9.17, 15) is 18.6 Å². The molecule has 0 saturated carbocycles. The Morgan fingerprint density at radius 1 is 1.30 bits per heavy atom. The number of imidazole rings is 1. The van der Waals surface area contributed by atoms with Crippen LogP contribution in [-0.4, -0.2) is 63.1 Å². The molecule has 23 heavy (non-hydrogen) atoms. The molecule has 4 atom stereocenters. The van der Waals surface area contributed by atoms with Gasteiger partial charge in [-0.05, 0) is 0 Å². The fourth-order valence-electron chi connectivity index (χ4n) is 2.31. The lowest BCUT2D eigenvalue weighted by Gasteiger charge is -2.16. The summed E-state index contributed by atoms with van der Waals surface area (Å²) < 4.78 is 32.8. The van der Waals surface area contributed by atoms with Crippen LogP contribution in [0.15, 0.2) is 12.7 Å². The fourth-order valence-corrected chi connectivity index (χ4v) is 2.64. The molecule has 6 N–H and O–H groups in total.